The molecule has 2 amide bonds. The third-order valence-electron chi connectivity index (χ3n) is 5.91. The van der Waals surface area contributed by atoms with Gasteiger partial charge >= 0.3 is 0 Å². The number of nitrogens with zero attached hydrogens (tertiary/aromatic N) is 5. The van der Waals surface area contributed by atoms with Gasteiger partial charge in [-0.15, -0.1) is 0 Å². The van der Waals surface area contributed by atoms with Gasteiger partial charge in [0.15, 0.2) is 5.16 Å². The zero-order valence-corrected chi connectivity index (χ0v) is 18.4. The lowest BCUT2D eigenvalue weighted by Gasteiger charge is -2.34. The topological polar surface area (TPSA) is 82.2 Å². The molecule has 0 radical (unpaired) electrons. The molecule has 0 unspecified atom stereocenters. The molecule has 0 aliphatic carbocycles. The number of amides is 2. The van der Waals surface area contributed by atoms with Gasteiger partial charge in [-0.1, -0.05) is 36.0 Å². The van der Waals surface area contributed by atoms with Gasteiger partial charge in [-0.3, -0.25) is 9.59 Å². The quantitative estimate of drug-likeness (QED) is 0.621. The van der Waals surface area contributed by atoms with Crippen LogP contribution < -0.4 is 4.90 Å². The Morgan fingerprint density at radius 2 is 2.00 bits per heavy atom. The van der Waals surface area contributed by atoms with Gasteiger partial charge in [0, 0.05) is 24.5 Å². The predicted molar refractivity (Wildman–Crippen MR) is 122 cm³/mol. The Labute approximate surface area is 190 Å². The fourth-order valence-electron chi connectivity index (χ4n) is 4.24. The monoisotopic (exact) mass is 443 g/mol. The summed E-state index contributed by atoms with van der Waals surface area (Å²) in [5.41, 5.74) is 4.09. The van der Waals surface area contributed by atoms with Crippen LogP contribution in [0, 0.1) is 18.3 Å². The van der Waals surface area contributed by atoms with Crippen molar-refractivity contribution in [2.24, 2.45) is 0 Å². The summed E-state index contributed by atoms with van der Waals surface area (Å²) < 4.78 is 1.96. The average molecular weight is 444 g/mol. The molecule has 3 aromatic rings. The van der Waals surface area contributed by atoms with Crippen molar-refractivity contribution in [1.82, 2.24) is 14.5 Å². The van der Waals surface area contributed by atoms with Crippen molar-refractivity contribution in [3.8, 4) is 6.07 Å². The van der Waals surface area contributed by atoms with Crippen LogP contribution in [0.15, 0.2) is 59.9 Å². The van der Waals surface area contributed by atoms with Gasteiger partial charge in [0.05, 0.1) is 23.9 Å². The second-order valence-electron chi connectivity index (χ2n) is 7.97. The third-order valence-corrected chi connectivity index (χ3v) is 6.95. The molecule has 5 rings (SSSR count). The number of rotatable bonds is 3. The van der Waals surface area contributed by atoms with Crippen LogP contribution in [0.1, 0.15) is 33.2 Å². The highest BCUT2D eigenvalue weighted by Crippen LogP contribution is 2.38. The van der Waals surface area contributed by atoms with E-state index in [9.17, 15) is 9.59 Å². The maximum Gasteiger partial charge on any atom is 0.272 e. The summed E-state index contributed by atoms with van der Waals surface area (Å²) in [5, 5.41) is 9.85. The number of thioether (sulfide) groups is 1. The molecule has 1 fully saturated rings. The van der Waals surface area contributed by atoms with Gasteiger partial charge in [0.25, 0.3) is 5.91 Å². The maximum absolute atomic E-state index is 13.4. The van der Waals surface area contributed by atoms with Crippen molar-refractivity contribution in [2.45, 2.75) is 18.1 Å². The number of fused-ring (bicyclic) bond motifs is 1. The summed E-state index contributed by atoms with van der Waals surface area (Å²) in [5.74, 6) is 0.506. The number of aryl methyl sites for hydroxylation is 1. The van der Waals surface area contributed by atoms with Crippen LogP contribution >= 0.6 is 11.8 Å². The Morgan fingerprint density at radius 3 is 2.72 bits per heavy atom. The number of anilines is 1. The Morgan fingerprint density at radius 1 is 1.19 bits per heavy atom. The first-order chi connectivity index (χ1) is 15.5. The summed E-state index contributed by atoms with van der Waals surface area (Å²) in [4.78, 5) is 34.0. The van der Waals surface area contributed by atoms with Crippen molar-refractivity contribution in [1.29, 1.82) is 5.26 Å². The van der Waals surface area contributed by atoms with E-state index in [0.717, 1.165) is 27.7 Å². The van der Waals surface area contributed by atoms with Crippen molar-refractivity contribution in [2.75, 3.05) is 30.3 Å². The molecule has 1 atom stereocenters. The Kier molecular flexibility index (Phi) is 5.19. The Bertz CT molecular complexity index is 1240. The minimum absolute atomic E-state index is 0.0338. The maximum atomic E-state index is 13.4. The normalized spacial score (nSPS) is 17.9. The number of imidazole rings is 1. The van der Waals surface area contributed by atoms with Crippen molar-refractivity contribution in [3.63, 3.8) is 0 Å². The minimum Gasteiger partial charge on any atom is -0.326 e. The summed E-state index contributed by atoms with van der Waals surface area (Å²) in [7, 11) is 0. The first kappa shape index (κ1) is 20.3. The van der Waals surface area contributed by atoms with Gasteiger partial charge in [0.2, 0.25) is 5.91 Å². The van der Waals surface area contributed by atoms with E-state index in [2.05, 4.69) is 11.1 Å². The van der Waals surface area contributed by atoms with Gasteiger partial charge in [-0.2, -0.15) is 5.26 Å². The highest BCUT2D eigenvalue weighted by Gasteiger charge is 2.34. The van der Waals surface area contributed by atoms with Gasteiger partial charge in [0.1, 0.15) is 12.2 Å². The first-order valence-corrected chi connectivity index (χ1v) is 11.4. The molecule has 3 heterocycles. The van der Waals surface area contributed by atoms with Gasteiger partial charge in [-0.05, 0) is 42.3 Å². The molecule has 2 aromatic carbocycles. The average Bonchev–Trinajstić information content (AvgIpc) is 3.41. The second kappa shape index (κ2) is 8.17. The molecule has 8 heteroatoms. The van der Waals surface area contributed by atoms with Crippen molar-refractivity contribution < 1.29 is 9.59 Å². The van der Waals surface area contributed by atoms with E-state index in [1.165, 1.54) is 0 Å². The largest absolute Gasteiger partial charge is 0.326 e. The smallest absolute Gasteiger partial charge is 0.272 e. The molecule has 0 spiro atoms. The summed E-state index contributed by atoms with van der Waals surface area (Å²) in [6, 6.07) is 17.4. The van der Waals surface area contributed by atoms with E-state index in [-0.39, 0.29) is 24.4 Å². The molecular formula is C24H21N5O2S. The summed E-state index contributed by atoms with van der Waals surface area (Å²) >= 11 is 1.61. The van der Waals surface area contributed by atoms with E-state index in [0.29, 0.717) is 24.3 Å². The standard InChI is InChI=1S/C24H21N5O2S/c1-16-3-2-4-19(11-16)28-10-9-27(14-22(28)30)23(31)20-13-26-24-29(20)21(15-32-24)18-7-5-17(12-25)6-8-18/h2-8,11,13,21H,9-10,14-15H2,1H3/t21-/m1/s1. The van der Waals surface area contributed by atoms with Gasteiger partial charge < -0.3 is 14.4 Å². The van der Waals surface area contributed by atoms with Crippen LogP contribution in [0.2, 0.25) is 0 Å². The second-order valence-corrected chi connectivity index (χ2v) is 8.95. The first-order valence-electron chi connectivity index (χ1n) is 10.4. The van der Waals surface area contributed by atoms with E-state index in [1.54, 1.807) is 39.9 Å². The Hall–Kier alpha value is -3.57. The van der Waals surface area contributed by atoms with Crippen LogP contribution in [0.5, 0.6) is 0 Å². The molecule has 2 aliphatic rings. The van der Waals surface area contributed by atoms with Crippen molar-refractivity contribution >= 4 is 29.3 Å². The molecule has 32 heavy (non-hydrogen) atoms. The molecular weight excluding hydrogens is 422 g/mol. The van der Waals surface area contributed by atoms with E-state index >= 15 is 0 Å². The van der Waals surface area contributed by atoms with Crippen LogP contribution in [0.4, 0.5) is 5.69 Å². The molecule has 0 saturated carbocycles. The fourth-order valence-corrected chi connectivity index (χ4v) is 5.38. The number of piperazine rings is 1. The lowest BCUT2D eigenvalue weighted by molar-refractivity contribution is -0.120. The Balaban J connectivity index is 1.36. The van der Waals surface area contributed by atoms with Crippen LogP contribution in [-0.2, 0) is 4.79 Å². The number of aromatic nitrogens is 2. The lowest BCUT2D eigenvalue weighted by atomic mass is 10.1. The minimum atomic E-state index is -0.179. The number of carbonyl (C=O) groups excluding carboxylic acids is 2. The zero-order chi connectivity index (χ0) is 22.2. The molecule has 0 N–H and O–H groups in total. The van der Waals surface area contributed by atoms with E-state index in [1.807, 2.05) is 47.9 Å². The highest BCUT2D eigenvalue weighted by atomic mass is 32.2. The van der Waals surface area contributed by atoms with Crippen LogP contribution in [0.3, 0.4) is 0 Å². The molecule has 0 bridgehead atoms. The number of carbonyl (C=O) groups is 2. The van der Waals surface area contributed by atoms with Crippen LogP contribution in [0.25, 0.3) is 0 Å². The number of benzene rings is 2. The third kappa shape index (κ3) is 3.55. The fraction of sp³-hybridized carbons (Fsp3) is 0.250. The molecule has 160 valence electrons. The predicted octanol–water partition coefficient (Wildman–Crippen LogP) is 3.25. The molecule has 7 nitrogen and oxygen atoms in total. The zero-order valence-electron chi connectivity index (χ0n) is 17.6. The van der Waals surface area contributed by atoms with E-state index < -0.39 is 0 Å². The molecule has 2 aliphatic heterocycles. The van der Waals surface area contributed by atoms with E-state index in [4.69, 9.17) is 5.26 Å². The highest BCUT2D eigenvalue weighted by molar-refractivity contribution is 7.99. The van der Waals surface area contributed by atoms with Crippen molar-refractivity contribution in [3.05, 3.63) is 77.1 Å². The number of hydrogen-bond acceptors (Lipinski definition) is 5. The van der Waals surface area contributed by atoms with Crippen LogP contribution in [-0.4, -0.2) is 51.7 Å². The SMILES string of the molecule is Cc1cccc(N2CCN(C(=O)c3cnc4n3[C@@H](c3ccc(C#N)cc3)CS4)CC2=O)c1. The van der Waals surface area contributed by atoms with Gasteiger partial charge in [-0.25, -0.2) is 4.98 Å². The summed E-state index contributed by atoms with van der Waals surface area (Å²) in [6.45, 7) is 2.97. The summed E-state index contributed by atoms with van der Waals surface area (Å²) in [6.07, 6.45) is 1.61. The molecule has 1 aromatic heterocycles. The number of hydrogen-bond donors (Lipinski definition) is 0. The molecule has 1 saturated heterocycles. The lowest BCUT2D eigenvalue weighted by Crippen LogP contribution is -2.52. The number of nitriles is 1.